The van der Waals surface area contributed by atoms with Crippen LogP contribution in [0.3, 0.4) is 0 Å². The fourth-order valence-corrected chi connectivity index (χ4v) is 3.24. The predicted octanol–water partition coefficient (Wildman–Crippen LogP) is 2.64. The second-order valence-electron chi connectivity index (χ2n) is 6.48. The highest BCUT2D eigenvalue weighted by atomic mass is 32.1. The van der Waals surface area contributed by atoms with E-state index in [1.165, 1.54) is 11.3 Å². The first-order valence-electron chi connectivity index (χ1n) is 9.42. The van der Waals surface area contributed by atoms with Crippen LogP contribution in [0.4, 0.5) is 10.8 Å². The SMILES string of the molecule is Cc1ccc(C(=O)Nc2nc(C)c(C)s2)c(NC(=O)CCOCCOCCN)c1. The van der Waals surface area contributed by atoms with Crippen LogP contribution in [0.2, 0.25) is 0 Å². The Morgan fingerprint density at radius 1 is 1.07 bits per heavy atom. The topological polar surface area (TPSA) is 116 Å². The Morgan fingerprint density at radius 2 is 1.79 bits per heavy atom. The summed E-state index contributed by atoms with van der Waals surface area (Å²) in [4.78, 5) is 30.3. The standard InChI is InChI=1S/C20H28N4O4S/c1-13-4-5-16(19(26)24-20-22-14(2)15(3)29-20)17(12-13)23-18(25)6-8-27-10-11-28-9-7-21/h4-5,12H,6-11,21H2,1-3H3,(H,23,25)(H,22,24,26). The monoisotopic (exact) mass is 420 g/mol. The highest BCUT2D eigenvalue weighted by Gasteiger charge is 2.16. The van der Waals surface area contributed by atoms with E-state index in [0.717, 1.165) is 16.1 Å². The molecule has 29 heavy (non-hydrogen) atoms. The molecule has 0 fully saturated rings. The lowest BCUT2D eigenvalue weighted by molar-refractivity contribution is -0.117. The van der Waals surface area contributed by atoms with Crippen LogP contribution < -0.4 is 16.4 Å². The maximum atomic E-state index is 12.7. The zero-order valence-electron chi connectivity index (χ0n) is 17.0. The summed E-state index contributed by atoms with van der Waals surface area (Å²) in [6.07, 6.45) is 0.177. The van der Waals surface area contributed by atoms with Crippen molar-refractivity contribution in [3.63, 3.8) is 0 Å². The van der Waals surface area contributed by atoms with Gasteiger partial charge in [0, 0.05) is 11.4 Å². The number of nitrogens with zero attached hydrogens (tertiary/aromatic N) is 1. The molecule has 1 aromatic carbocycles. The minimum absolute atomic E-state index is 0.177. The maximum absolute atomic E-state index is 12.7. The molecule has 0 bridgehead atoms. The summed E-state index contributed by atoms with van der Waals surface area (Å²) in [5, 5.41) is 6.14. The highest BCUT2D eigenvalue weighted by molar-refractivity contribution is 7.15. The number of benzene rings is 1. The molecule has 1 heterocycles. The van der Waals surface area contributed by atoms with Crippen molar-refractivity contribution in [2.24, 2.45) is 5.73 Å². The Labute approximate surface area is 174 Å². The largest absolute Gasteiger partial charge is 0.379 e. The van der Waals surface area contributed by atoms with Gasteiger partial charge in [-0.3, -0.25) is 14.9 Å². The normalized spacial score (nSPS) is 10.8. The molecule has 2 aromatic rings. The Morgan fingerprint density at radius 3 is 2.45 bits per heavy atom. The van der Waals surface area contributed by atoms with E-state index in [1.54, 1.807) is 12.1 Å². The molecule has 2 rings (SSSR count). The maximum Gasteiger partial charge on any atom is 0.259 e. The van der Waals surface area contributed by atoms with Crippen LogP contribution in [0.25, 0.3) is 0 Å². The minimum atomic E-state index is -0.317. The highest BCUT2D eigenvalue weighted by Crippen LogP contribution is 2.24. The van der Waals surface area contributed by atoms with Crippen LogP contribution in [0.5, 0.6) is 0 Å². The Kier molecular flexibility index (Phi) is 9.20. The summed E-state index contributed by atoms with van der Waals surface area (Å²) in [5.41, 5.74) is 7.99. The van der Waals surface area contributed by atoms with Gasteiger partial charge in [0.25, 0.3) is 5.91 Å². The number of rotatable bonds is 11. The third kappa shape index (κ3) is 7.54. The average Bonchev–Trinajstić information content (AvgIpc) is 2.98. The van der Waals surface area contributed by atoms with Crippen molar-refractivity contribution < 1.29 is 19.1 Å². The van der Waals surface area contributed by atoms with Gasteiger partial charge in [-0.25, -0.2) is 4.98 Å². The molecule has 0 saturated carbocycles. The summed E-state index contributed by atoms with van der Waals surface area (Å²) in [6, 6.07) is 5.29. The van der Waals surface area contributed by atoms with Crippen molar-refractivity contribution in [1.29, 1.82) is 0 Å². The van der Waals surface area contributed by atoms with Crippen LogP contribution in [0, 0.1) is 20.8 Å². The van der Waals surface area contributed by atoms with E-state index in [1.807, 2.05) is 26.8 Å². The van der Waals surface area contributed by atoms with Gasteiger partial charge >= 0.3 is 0 Å². The summed E-state index contributed by atoms with van der Waals surface area (Å²) >= 11 is 1.42. The Bertz CT molecular complexity index is 818. The van der Waals surface area contributed by atoms with Gasteiger partial charge in [0.1, 0.15) is 0 Å². The van der Waals surface area contributed by atoms with Crippen LogP contribution in [-0.4, -0.2) is 49.8 Å². The number of aromatic nitrogens is 1. The van der Waals surface area contributed by atoms with Crippen molar-refractivity contribution >= 4 is 34.0 Å². The number of carbonyl (C=O) groups excluding carboxylic acids is 2. The number of hydrogen-bond donors (Lipinski definition) is 3. The van der Waals surface area contributed by atoms with Crippen LogP contribution >= 0.6 is 11.3 Å². The lowest BCUT2D eigenvalue weighted by Gasteiger charge is -2.12. The molecule has 2 amide bonds. The van der Waals surface area contributed by atoms with E-state index in [2.05, 4.69) is 15.6 Å². The fourth-order valence-electron chi connectivity index (χ4n) is 2.43. The number of thiazole rings is 1. The molecule has 0 atom stereocenters. The van der Waals surface area contributed by atoms with Crippen LogP contribution in [0.15, 0.2) is 18.2 Å². The Hall–Kier alpha value is -2.33. The zero-order valence-corrected chi connectivity index (χ0v) is 17.9. The molecule has 0 radical (unpaired) electrons. The summed E-state index contributed by atoms with van der Waals surface area (Å²) in [7, 11) is 0. The van der Waals surface area contributed by atoms with E-state index in [-0.39, 0.29) is 24.8 Å². The number of amides is 2. The van der Waals surface area contributed by atoms with Gasteiger partial charge in [0.05, 0.1) is 49.8 Å². The molecule has 0 aliphatic rings. The molecule has 4 N–H and O–H groups in total. The molecule has 0 aliphatic heterocycles. The first-order valence-corrected chi connectivity index (χ1v) is 10.2. The van der Waals surface area contributed by atoms with Gasteiger partial charge in [-0.1, -0.05) is 6.07 Å². The number of nitrogens with one attached hydrogen (secondary N) is 2. The number of hydrogen-bond acceptors (Lipinski definition) is 7. The lowest BCUT2D eigenvalue weighted by atomic mass is 10.1. The first-order chi connectivity index (χ1) is 13.9. The predicted molar refractivity (Wildman–Crippen MR) is 115 cm³/mol. The van der Waals surface area contributed by atoms with Crippen molar-refractivity contribution in [3.8, 4) is 0 Å². The summed E-state index contributed by atoms with van der Waals surface area (Å²) < 4.78 is 10.6. The fraction of sp³-hybridized carbons (Fsp3) is 0.450. The van der Waals surface area contributed by atoms with Gasteiger partial charge in [-0.05, 0) is 38.5 Å². The Balaban J connectivity index is 1.91. The molecule has 1 aromatic heterocycles. The number of aryl methyl sites for hydroxylation is 3. The summed E-state index contributed by atoms with van der Waals surface area (Å²) in [5.74, 6) is -0.546. The van der Waals surface area contributed by atoms with E-state index in [9.17, 15) is 9.59 Å². The van der Waals surface area contributed by atoms with Crippen molar-refractivity contribution in [2.45, 2.75) is 27.2 Å². The molecule has 0 unspecified atom stereocenters. The van der Waals surface area contributed by atoms with Gasteiger partial charge in [-0.2, -0.15) is 0 Å². The summed E-state index contributed by atoms with van der Waals surface area (Å²) in [6.45, 7) is 7.81. The quantitative estimate of drug-likeness (QED) is 0.481. The van der Waals surface area contributed by atoms with Crippen molar-refractivity contribution in [2.75, 3.05) is 43.6 Å². The minimum Gasteiger partial charge on any atom is -0.379 e. The van der Waals surface area contributed by atoms with E-state index in [4.69, 9.17) is 15.2 Å². The van der Waals surface area contributed by atoms with Gasteiger partial charge in [0.2, 0.25) is 5.91 Å². The van der Waals surface area contributed by atoms with Gasteiger partial charge < -0.3 is 20.5 Å². The molecule has 0 spiro atoms. The number of carbonyl (C=O) groups is 2. The zero-order chi connectivity index (χ0) is 21.2. The van der Waals surface area contributed by atoms with Gasteiger partial charge in [0.15, 0.2) is 5.13 Å². The van der Waals surface area contributed by atoms with Crippen molar-refractivity contribution in [3.05, 3.63) is 39.9 Å². The third-order valence-corrected chi connectivity index (χ3v) is 5.04. The van der Waals surface area contributed by atoms with E-state index in [0.29, 0.717) is 42.7 Å². The molecule has 8 nitrogen and oxygen atoms in total. The smallest absolute Gasteiger partial charge is 0.259 e. The number of anilines is 2. The molecular weight excluding hydrogens is 392 g/mol. The number of nitrogens with two attached hydrogens (primary N) is 1. The average molecular weight is 421 g/mol. The molecule has 9 heteroatoms. The molecule has 0 aliphatic carbocycles. The van der Waals surface area contributed by atoms with E-state index < -0.39 is 0 Å². The van der Waals surface area contributed by atoms with Crippen molar-refractivity contribution in [1.82, 2.24) is 4.98 Å². The first kappa shape index (κ1) is 23.0. The molecule has 158 valence electrons. The number of ether oxygens (including phenoxy) is 2. The lowest BCUT2D eigenvalue weighted by Crippen LogP contribution is -2.20. The van der Waals surface area contributed by atoms with E-state index >= 15 is 0 Å². The second-order valence-corrected chi connectivity index (χ2v) is 7.68. The third-order valence-electron chi connectivity index (χ3n) is 4.05. The molecular formula is C20H28N4O4S. The second kappa shape index (κ2) is 11.6. The van der Waals surface area contributed by atoms with Gasteiger partial charge in [-0.15, -0.1) is 11.3 Å². The van der Waals surface area contributed by atoms with Crippen LogP contribution in [0.1, 0.15) is 32.9 Å². The van der Waals surface area contributed by atoms with Crippen LogP contribution in [-0.2, 0) is 14.3 Å². The molecule has 0 saturated heterocycles.